The smallest absolute Gasteiger partial charge is 0.163 e. The van der Waals surface area contributed by atoms with Crippen LogP contribution >= 0.6 is 0 Å². The lowest BCUT2D eigenvalue weighted by Crippen LogP contribution is -2.30. The van der Waals surface area contributed by atoms with Crippen molar-refractivity contribution in [3.63, 3.8) is 0 Å². The average Bonchev–Trinajstić information content (AvgIpc) is 2.86. The Morgan fingerprint density at radius 3 is 2.15 bits per heavy atom. The molecule has 1 aromatic carbocycles. The van der Waals surface area contributed by atoms with Crippen molar-refractivity contribution in [1.29, 1.82) is 0 Å². The number of Topliss-reactive ketones (excluding diaryl/α,β-unsaturated/α-hetero) is 3. The first kappa shape index (κ1) is 33.4. The zero-order valence-electron chi connectivity index (χ0n) is 26.6. The third kappa shape index (κ3) is 9.39. The van der Waals surface area contributed by atoms with E-state index in [1.165, 1.54) is 67.7 Å². The predicted octanol–water partition coefficient (Wildman–Crippen LogP) is 9.78. The van der Waals surface area contributed by atoms with E-state index in [0.717, 1.165) is 50.0 Å². The van der Waals surface area contributed by atoms with E-state index in [1.807, 2.05) is 0 Å². The zero-order chi connectivity index (χ0) is 29.1. The van der Waals surface area contributed by atoms with Gasteiger partial charge in [-0.25, -0.2) is 0 Å². The van der Waals surface area contributed by atoms with E-state index in [1.54, 1.807) is 0 Å². The Kier molecular flexibility index (Phi) is 14.1. The van der Waals surface area contributed by atoms with Crippen molar-refractivity contribution in [2.45, 2.75) is 151 Å². The van der Waals surface area contributed by atoms with Gasteiger partial charge in [-0.1, -0.05) is 99.0 Å². The second-order valence-corrected chi connectivity index (χ2v) is 13.0. The van der Waals surface area contributed by atoms with E-state index >= 15 is 0 Å². The summed E-state index contributed by atoms with van der Waals surface area (Å²) in [5.41, 5.74) is 6.31. The van der Waals surface area contributed by atoms with E-state index in [2.05, 4.69) is 54.5 Å². The molecule has 1 fully saturated rings. The maximum atomic E-state index is 13.7. The molecular weight excluding hydrogens is 480 g/mol. The van der Waals surface area contributed by atoms with Crippen molar-refractivity contribution >= 4 is 17.3 Å². The van der Waals surface area contributed by atoms with Crippen molar-refractivity contribution in [2.24, 2.45) is 23.7 Å². The topological polar surface area (TPSA) is 51.2 Å². The second kappa shape index (κ2) is 16.5. The molecule has 3 nitrogen and oxygen atoms in total. The molecule has 0 spiro atoms. The van der Waals surface area contributed by atoms with Gasteiger partial charge in [-0.15, -0.1) is 0 Å². The van der Waals surface area contributed by atoms with Crippen molar-refractivity contribution in [3.05, 3.63) is 33.9 Å². The van der Waals surface area contributed by atoms with Crippen molar-refractivity contribution in [2.75, 3.05) is 0 Å². The van der Waals surface area contributed by atoms with E-state index < -0.39 is 0 Å². The maximum Gasteiger partial charge on any atom is 0.163 e. The third-order valence-electron chi connectivity index (χ3n) is 9.08. The Labute approximate surface area is 240 Å². The first-order chi connectivity index (χ1) is 18.6. The SMILES string of the molecule is CCC.CCCC(CC1CC(=O)c2c(C)c(CC3CCCCC3)cc(C(C)C)c2C1)C(CC)C(=O)CC(C)=O. The van der Waals surface area contributed by atoms with Crippen LogP contribution in [0.1, 0.15) is 164 Å². The fraction of sp³-hybridized carbons (Fsp3) is 0.750. The van der Waals surface area contributed by atoms with Gasteiger partial charge in [-0.05, 0) is 85.5 Å². The summed E-state index contributed by atoms with van der Waals surface area (Å²) >= 11 is 0. The average molecular weight is 539 g/mol. The Morgan fingerprint density at radius 2 is 1.62 bits per heavy atom. The molecule has 220 valence electrons. The number of fused-ring (bicyclic) bond motifs is 1. The van der Waals surface area contributed by atoms with E-state index in [9.17, 15) is 14.4 Å². The zero-order valence-corrected chi connectivity index (χ0v) is 26.6. The van der Waals surface area contributed by atoms with Gasteiger partial charge in [0.2, 0.25) is 0 Å². The molecule has 0 saturated heterocycles. The molecule has 0 N–H and O–H groups in total. The second-order valence-electron chi connectivity index (χ2n) is 13.0. The molecule has 3 heteroatoms. The highest BCUT2D eigenvalue weighted by atomic mass is 16.1. The summed E-state index contributed by atoms with van der Waals surface area (Å²) in [6.45, 7) is 16.7. The minimum atomic E-state index is -0.0745. The van der Waals surface area contributed by atoms with Gasteiger partial charge in [0.05, 0.1) is 6.42 Å². The number of ketones is 3. The molecule has 2 aliphatic carbocycles. The number of carbonyl (C=O) groups is 3. The van der Waals surface area contributed by atoms with Crippen LogP contribution in [-0.4, -0.2) is 17.3 Å². The molecule has 0 bridgehead atoms. The van der Waals surface area contributed by atoms with Crippen LogP contribution in [0.2, 0.25) is 0 Å². The number of benzene rings is 1. The lowest BCUT2D eigenvalue weighted by Gasteiger charge is -2.34. The van der Waals surface area contributed by atoms with Gasteiger partial charge >= 0.3 is 0 Å². The molecule has 1 saturated carbocycles. The number of carbonyl (C=O) groups excluding carboxylic acids is 3. The van der Waals surface area contributed by atoms with E-state index in [-0.39, 0.29) is 35.7 Å². The number of hydrogen-bond donors (Lipinski definition) is 0. The van der Waals surface area contributed by atoms with Gasteiger partial charge in [0.1, 0.15) is 11.6 Å². The fourth-order valence-electron chi connectivity index (χ4n) is 7.32. The highest BCUT2D eigenvalue weighted by molar-refractivity contribution is 6.01. The van der Waals surface area contributed by atoms with Crippen LogP contribution in [0, 0.1) is 30.6 Å². The van der Waals surface area contributed by atoms with Crippen molar-refractivity contribution in [1.82, 2.24) is 0 Å². The molecule has 3 unspecified atom stereocenters. The van der Waals surface area contributed by atoms with E-state index in [0.29, 0.717) is 18.1 Å². The summed E-state index contributed by atoms with van der Waals surface area (Å²) in [4.78, 5) is 38.2. The third-order valence-corrected chi connectivity index (χ3v) is 9.08. The highest BCUT2D eigenvalue weighted by Crippen LogP contribution is 2.41. The molecule has 0 aliphatic heterocycles. The van der Waals surface area contributed by atoms with Crippen LogP contribution in [0.15, 0.2) is 6.07 Å². The Balaban J connectivity index is 0.00000170. The molecule has 39 heavy (non-hydrogen) atoms. The van der Waals surface area contributed by atoms with Crippen LogP contribution in [0.5, 0.6) is 0 Å². The van der Waals surface area contributed by atoms with Gasteiger partial charge < -0.3 is 0 Å². The quantitative estimate of drug-likeness (QED) is 0.249. The largest absolute Gasteiger partial charge is 0.300 e. The van der Waals surface area contributed by atoms with Crippen LogP contribution < -0.4 is 0 Å². The molecule has 0 amide bonds. The Hall–Kier alpha value is -1.77. The van der Waals surface area contributed by atoms with Gasteiger partial charge in [0.15, 0.2) is 5.78 Å². The monoisotopic (exact) mass is 538 g/mol. The number of hydrogen-bond acceptors (Lipinski definition) is 3. The summed E-state index contributed by atoms with van der Waals surface area (Å²) in [7, 11) is 0. The lowest BCUT2D eigenvalue weighted by atomic mass is 9.70. The minimum absolute atomic E-state index is 0.0449. The van der Waals surface area contributed by atoms with Crippen molar-refractivity contribution in [3.8, 4) is 0 Å². The van der Waals surface area contributed by atoms with Crippen LogP contribution in [0.4, 0.5) is 0 Å². The molecule has 1 aromatic rings. The van der Waals surface area contributed by atoms with E-state index in [4.69, 9.17) is 0 Å². The molecular formula is C36H58O3. The first-order valence-corrected chi connectivity index (χ1v) is 16.3. The van der Waals surface area contributed by atoms with Crippen molar-refractivity contribution < 1.29 is 14.4 Å². The van der Waals surface area contributed by atoms with Gasteiger partial charge in [-0.2, -0.15) is 0 Å². The summed E-state index contributed by atoms with van der Waals surface area (Å²) in [6, 6.07) is 2.44. The summed E-state index contributed by atoms with van der Waals surface area (Å²) in [5.74, 6) is 1.97. The van der Waals surface area contributed by atoms with Gasteiger partial charge in [0.25, 0.3) is 0 Å². The molecule has 0 aromatic heterocycles. The minimum Gasteiger partial charge on any atom is -0.300 e. The van der Waals surface area contributed by atoms with Crippen LogP contribution in [-0.2, 0) is 22.4 Å². The Morgan fingerprint density at radius 1 is 0.974 bits per heavy atom. The van der Waals surface area contributed by atoms with Crippen LogP contribution in [0.3, 0.4) is 0 Å². The summed E-state index contributed by atoms with van der Waals surface area (Å²) in [6.07, 6.45) is 14.3. The molecule has 0 heterocycles. The molecule has 2 aliphatic rings. The van der Waals surface area contributed by atoms with Gasteiger partial charge in [-0.3, -0.25) is 14.4 Å². The standard InChI is InChI=1S/C33H50O3.C3H8/c1-7-12-26(28(8-2)31(35)15-22(5)34)17-25-18-30-29(21(3)4)20-27(16-24-13-10-9-11-14-24)23(6)33(30)32(36)19-25;1-3-2/h20-21,24-26,28H,7-19H2,1-6H3;3H2,1-2H3. The molecule has 3 atom stereocenters. The summed E-state index contributed by atoms with van der Waals surface area (Å²) in [5, 5.41) is 0. The summed E-state index contributed by atoms with van der Waals surface area (Å²) < 4.78 is 0. The fourth-order valence-corrected chi connectivity index (χ4v) is 7.32. The first-order valence-electron chi connectivity index (χ1n) is 16.3. The lowest BCUT2D eigenvalue weighted by molar-refractivity contribution is -0.129. The van der Waals surface area contributed by atoms with Gasteiger partial charge in [0, 0.05) is 17.9 Å². The number of rotatable bonds is 12. The highest BCUT2D eigenvalue weighted by Gasteiger charge is 2.35. The Bertz CT molecular complexity index is 951. The normalized spacial score (nSPS) is 19.2. The molecule has 3 rings (SSSR count). The maximum absolute atomic E-state index is 13.7. The van der Waals surface area contributed by atoms with Crippen LogP contribution in [0.25, 0.3) is 0 Å². The molecule has 0 radical (unpaired) electrons. The predicted molar refractivity (Wildman–Crippen MR) is 165 cm³/mol.